The van der Waals surface area contributed by atoms with Gasteiger partial charge in [0.25, 0.3) is 0 Å². The molecule has 0 aliphatic carbocycles. The Kier molecular flexibility index (Phi) is 3.96. The minimum atomic E-state index is -0.403. The van der Waals surface area contributed by atoms with E-state index in [1.54, 1.807) is 6.92 Å². The van der Waals surface area contributed by atoms with Gasteiger partial charge in [0, 0.05) is 12.1 Å². The van der Waals surface area contributed by atoms with E-state index in [1.807, 2.05) is 0 Å². The first-order valence-corrected chi connectivity index (χ1v) is 3.92. The van der Waals surface area contributed by atoms with E-state index in [1.165, 1.54) is 0 Å². The molecule has 0 unspecified atom stereocenters. The van der Waals surface area contributed by atoms with Crippen LogP contribution in [0.2, 0.25) is 0 Å². The lowest BCUT2D eigenvalue weighted by molar-refractivity contribution is -0.147. The second-order valence-corrected chi connectivity index (χ2v) is 4.05. The monoisotopic (exact) mass is 171 g/mol. The highest BCUT2D eigenvalue weighted by atomic mass is 16.7. The molecule has 70 valence electrons. The molecule has 0 fully saturated rings. The average Bonchev–Trinajstić information content (AvgIpc) is 1.84. The van der Waals surface area contributed by atoms with E-state index in [0.717, 1.165) is 0 Å². The second-order valence-electron chi connectivity index (χ2n) is 4.05. The van der Waals surface area contributed by atoms with Gasteiger partial charge in [-0.3, -0.25) is 0 Å². The van der Waals surface area contributed by atoms with Crippen molar-refractivity contribution >= 4 is 5.97 Å². The highest BCUT2D eigenvalue weighted by molar-refractivity contribution is 5.86. The van der Waals surface area contributed by atoms with Gasteiger partial charge in [0.2, 0.25) is 0 Å². The molecule has 0 spiro atoms. The van der Waals surface area contributed by atoms with Crippen LogP contribution in [0.3, 0.4) is 0 Å². The molecule has 0 aromatic heterocycles. The maximum absolute atomic E-state index is 10.8. The lowest BCUT2D eigenvalue weighted by atomic mass is 9.98. The summed E-state index contributed by atoms with van der Waals surface area (Å²) < 4.78 is 0. The molecule has 0 saturated heterocycles. The summed E-state index contributed by atoms with van der Waals surface area (Å²) in [6.07, 6.45) is 0. The largest absolute Gasteiger partial charge is 0.367 e. The first-order chi connectivity index (χ1) is 5.33. The Morgan fingerprint density at radius 3 is 2.33 bits per heavy atom. The molecular formula is C9H17NO2. The zero-order valence-corrected chi connectivity index (χ0v) is 8.23. The Balaban J connectivity index is 3.58. The van der Waals surface area contributed by atoms with E-state index < -0.39 is 5.97 Å². The van der Waals surface area contributed by atoms with Crippen LogP contribution in [-0.4, -0.2) is 12.5 Å². The van der Waals surface area contributed by atoms with Crippen molar-refractivity contribution in [3.8, 4) is 0 Å². The van der Waals surface area contributed by atoms with E-state index in [0.29, 0.717) is 12.1 Å². The fourth-order valence-electron chi connectivity index (χ4n) is 0.405. The van der Waals surface area contributed by atoms with Crippen molar-refractivity contribution < 1.29 is 9.63 Å². The molecule has 0 aliphatic rings. The summed E-state index contributed by atoms with van der Waals surface area (Å²) in [5.41, 5.74) is 3.10. The van der Waals surface area contributed by atoms with Crippen LogP contribution >= 0.6 is 0 Å². The molecule has 0 aliphatic heterocycles. The third-order valence-corrected chi connectivity index (χ3v) is 1.12. The van der Waals surface area contributed by atoms with E-state index in [2.05, 4.69) is 32.8 Å². The quantitative estimate of drug-likeness (QED) is 0.518. The van der Waals surface area contributed by atoms with Crippen LogP contribution in [0.15, 0.2) is 12.2 Å². The smallest absolute Gasteiger partial charge is 0.351 e. The topological polar surface area (TPSA) is 38.3 Å². The maximum Gasteiger partial charge on any atom is 0.351 e. The van der Waals surface area contributed by atoms with Crippen molar-refractivity contribution in [3.63, 3.8) is 0 Å². The van der Waals surface area contributed by atoms with Crippen molar-refractivity contribution in [1.82, 2.24) is 5.48 Å². The van der Waals surface area contributed by atoms with Crippen LogP contribution in [0, 0.1) is 5.41 Å². The molecular weight excluding hydrogens is 154 g/mol. The summed E-state index contributed by atoms with van der Waals surface area (Å²) in [7, 11) is 0. The molecule has 0 aromatic rings. The lowest BCUT2D eigenvalue weighted by Gasteiger charge is -2.17. The van der Waals surface area contributed by atoms with Crippen LogP contribution in [0.25, 0.3) is 0 Å². The van der Waals surface area contributed by atoms with Gasteiger partial charge in [0.05, 0.1) is 0 Å². The van der Waals surface area contributed by atoms with Gasteiger partial charge in [-0.1, -0.05) is 27.4 Å². The molecule has 1 N–H and O–H groups in total. The number of nitrogens with one attached hydrogen (secondary N) is 1. The van der Waals surface area contributed by atoms with Gasteiger partial charge in [-0.25, -0.2) is 4.79 Å². The third kappa shape index (κ3) is 5.92. The van der Waals surface area contributed by atoms with E-state index in [9.17, 15) is 4.79 Å². The molecule has 3 nitrogen and oxygen atoms in total. The van der Waals surface area contributed by atoms with E-state index in [-0.39, 0.29) is 5.41 Å². The molecule has 0 radical (unpaired) electrons. The van der Waals surface area contributed by atoms with Crippen molar-refractivity contribution in [2.45, 2.75) is 27.7 Å². The van der Waals surface area contributed by atoms with E-state index >= 15 is 0 Å². The Morgan fingerprint density at radius 1 is 1.50 bits per heavy atom. The molecule has 0 aromatic carbocycles. The minimum absolute atomic E-state index is 0.107. The highest BCUT2D eigenvalue weighted by Crippen LogP contribution is 2.10. The Labute approximate surface area is 73.7 Å². The zero-order valence-electron chi connectivity index (χ0n) is 8.23. The molecule has 0 bridgehead atoms. The fourth-order valence-corrected chi connectivity index (χ4v) is 0.405. The Bertz CT molecular complexity index is 179. The van der Waals surface area contributed by atoms with Crippen molar-refractivity contribution in [3.05, 3.63) is 12.2 Å². The van der Waals surface area contributed by atoms with Crippen molar-refractivity contribution in [1.29, 1.82) is 0 Å². The van der Waals surface area contributed by atoms with E-state index in [4.69, 9.17) is 4.84 Å². The SMILES string of the molecule is C=C(C)C(=O)ONCC(C)(C)C. The van der Waals surface area contributed by atoms with Crippen LogP contribution in [0.5, 0.6) is 0 Å². The van der Waals surface area contributed by atoms with Gasteiger partial charge in [0.15, 0.2) is 0 Å². The second kappa shape index (κ2) is 4.26. The lowest BCUT2D eigenvalue weighted by Crippen LogP contribution is -2.29. The predicted octanol–water partition coefficient (Wildman–Crippen LogP) is 1.66. The minimum Gasteiger partial charge on any atom is -0.367 e. The van der Waals surface area contributed by atoms with Gasteiger partial charge in [0.1, 0.15) is 0 Å². The van der Waals surface area contributed by atoms with Gasteiger partial charge in [-0.2, -0.15) is 5.48 Å². The molecule has 0 rings (SSSR count). The van der Waals surface area contributed by atoms with Crippen LogP contribution in [0.4, 0.5) is 0 Å². The van der Waals surface area contributed by atoms with Gasteiger partial charge >= 0.3 is 5.97 Å². The zero-order chi connectivity index (χ0) is 9.78. The molecule has 0 saturated carbocycles. The van der Waals surface area contributed by atoms with Crippen molar-refractivity contribution in [2.75, 3.05) is 6.54 Å². The van der Waals surface area contributed by atoms with Crippen molar-refractivity contribution in [2.24, 2.45) is 5.41 Å². The number of hydrogen-bond acceptors (Lipinski definition) is 3. The summed E-state index contributed by atoms with van der Waals surface area (Å²) in [6, 6.07) is 0. The summed E-state index contributed by atoms with van der Waals surface area (Å²) in [5, 5.41) is 0. The summed E-state index contributed by atoms with van der Waals surface area (Å²) >= 11 is 0. The number of carbonyl (C=O) groups is 1. The third-order valence-electron chi connectivity index (χ3n) is 1.12. The first-order valence-electron chi connectivity index (χ1n) is 3.92. The molecule has 0 amide bonds. The molecule has 12 heavy (non-hydrogen) atoms. The number of carbonyl (C=O) groups excluding carboxylic acids is 1. The molecule has 3 heteroatoms. The van der Waals surface area contributed by atoms with Gasteiger partial charge in [-0.15, -0.1) is 0 Å². The predicted molar refractivity (Wildman–Crippen MR) is 48.4 cm³/mol. The summed E-state index contributed by atoms with van der Waals surface area (Å²) in [5.74, 6) is -0.403. The highest BCUT2D eigenvalue weighted by Gasteiger charge is 2.11. The Hall–Kier alpha value is -0.830. The van der Waals surface area contributed by atoms with Gasteiger partial charge < -0.3 is 4.84 Å². The normalized spacial score (nSPS) is 11.0. The summed E-state index contributed by atoms with van der Waals surface area (Å²) in [4.78, 5) is 15.5. The van der Waals surface area contributed by atoms with Crippen LogP contribution < -0.4 is 5.48 Å². The fraction of sp³-hybridized carbons (Fsp3) is 0.667. The number of hydrogen-bond donors (Lipinski definition) is 1. The van der Waals surface area contributed by atoms with Crippen LogP contribution in [-0.2, 0) is 9.63 Å². The van der Waals surface area contributed by atoms with Gasteiger partial charge in [-0.05, 0) is 12.3 Å². The summed E-state index contributed by atoms with van der Waals surface area (Å²) in [6.45, 7) is 11.8. The molecule has 0 atom stereocenters. The maximum atomic E-state index is 10.8. The number of hydroxylamine groups is 1. The first kappa shape index (κ1) is 11.2. The van der Waals surface area contributed by atoms with Crippen LogP contribution in [0.1, 0.15) is 27.7 Å². The average molecular weight is 171 g/mol. The standard InChI is InChI=1S/C9H17NO2/c1-7(2)8(11)12-10-6-9(3,4)5/h10H,1,6H2,2-5H3. The molecule has 0 heterocycles. The Morgan fingerprint density at radius 2 is 2.00 bits per heavy atom. The number of rotatable bonds is 3.